The number of oxazole rings is 1. The SMILES string of the molecule is CCS(=O)(=O)c1cc(C2CC2)cnc1-c1nc2cc([S@@](=O)C(F)(F)F)ccc2o1. The molecule has 0 aliphatic heterocycles. The fraction of sp³-hybridized carbons (Fsp3) is 0.333. The number of fused-ring (bicyclic) bond motifs is 1. The molecule has 1 aliphatic rings. The van der Waals surface area contributed by atoms with Crippen LogP contribution in [0.1, 0.15) is 31.2 Å². The topological polar surface area (TPSA) is 90.1 Å². The van der Waals surface area contributed by atoms with E-state index in [1.54, 1.807) is 12.3 Å². The lowest BCUT2D eigenvalue weighted by molar-refractivity contribution is -0.0384. The van der Waals surface area contributed by atoms with E-state index < -0.39 is 31.0 Å². The number of alkyl halides is 3. The maximum atomic E-state index is 12.7. The smallest absolute Gasteiger partial charge is 0.435 e. The Morgan fingerprint density at radius 3 is 2.59 bits per heavy atom. The Hall–Kier alpha value is -2.27. The van der Waals surface area contributed by atoms with Crippen LogP contribution in [0.15, 0.2) is 44.7 Å². The van der Waals surface area contributed by atoms with E-state index in [2.05, 4.69) is 9.97 Å². The number of hydrogen-bond acceptors (Lipinski definition) is 6. The number of rotatable bonds is 5. The molecule has 2 aromatic heterocycles. The summed E-state index contributed by atoms with van der Waals surface area (Å²) in [6, 6.07) is 4.84. The summed E-state index contributed by atoms with van der Waals surface area (Å²) in [7, 11) is -6.85. The van der Waals surface area contributed by atoms with Crippen molar-refractivity contribution < 1.29 is 30.2 Å². The second-order valence-corrected chi connectivity index (χ2v) is 10.4. The van der Waals surface area contributed by atoms with Gasteiger partial charge in [0.25, 0.3) is 0 Å². The van der Waals surface area contributed by atoms with E-state index >= 15 is 0 Å². The first-order valence-corrected chi connectivity index (χ1v) is 11.5. The number of sulfone groups is 1. The summed E-state index contributed by atoms with van der Waals surface area (Å²) in [6.07, 6.45) is 3.50. The van der Waals surface area contributed by atoms with Gasteiger partial charge in [-0.15, -0.1) is 0 Å². The third-order valence-electron chi connectivity index (χ3n) is 4.62. The summed E-state index contributed by atoms with van der Waals surface area (Å²) >= 11 is 0. The molecule has 1 atom stereocenters. The Morgan fingerprint density at radius 1 is 1.24 bits per heavy atom. The minimum Gasteiger partial charge on any atom is -0.435 e. The highest BCUT2D eigenvalue weighted by atomic mass is 32.2. The Balaban J connectivity index is 1.83. The number of hydrogen-bond donors (Lipinski definition) is 0. The van der Waals surface area contributed by atoms with E-state index in [4.69, 9.17) is 4.42 Å². The van der Waals surface area contributed by atoms with Gasteiger partial charge in [0.05, 0.1) is 15.5 Å². The van der Waals surface area contributed by atoms with Crippen LogP contribution in [-0.2, 0) is 20.6 Å². The highest BCUT2D eigenvalue weighted by Gasteiger charge is 2.38. The van der Waals surface area contributed by atoms with E-state index in [9.17, 15) is 25.8 Å². The standard InChI is InChI=1S/C18H15F3N2O4S2/c1-2-29(25,26)15-7-11(10-3-4-10)9-22-16(15)17-23-13-8-12(5-6-14(13)27-17)28(24)18(19,20)21/h5-10H,2-4H2,1H3/t28-/m1/s1. The minimum atomic E-state index is -4.90. The molecule has 0 spiro atoms. The molecule has 1 saturated carbocycles. The Morgan fingerprint density at radius 2 is 1.97 bits per heavy atom. The molecule has 0 amide bonds. The van der Waals surface area contributed by atoms with E-state index in [1.165, 1.54) is 13.0 Å². The van der Waals surface area contributed by atoms with Gasteiger partial charge in [0.1, 0.15) is 11.2 Å². The molecule has 0 saturated heterocycles. The predicted molar refractivity (Wildman–Crippen MR) is 99.4 cm³/mol. The molecule has 0 bridgehead atoms. The minimum absolute atomic E-state index is 0.00550. The fourth-order valence-corrected chi connectivity index (χ4v) is 4.65. The molecule has 2 heterocycles. The van der Waals surface area contributed by atoms with Crippen molar-refractivity contribution in [1.29, 1.82) is 0 Å². The first kappa shape index (κ1) is 20.0. The van der Waals surface area contributed by atoms with Crippen molar-refractivity contribution in [3.05, 3.63) is 36.0 Å². The van der Waals surface area contributed by atoms with Crippen LogP contribution in [0.25, 0.3) is 22.7 Å². The predicted octanol–water partition coefficient (Wildman–Crippen LogP) is 4.19. The quantitative estimate of drug-likeness (QED) is 0.586. The number of halogens is 3. The van der Waals surface area contributed by atoms with Crippen LogP contribution < -0.4 is 0 Å². The molecule has 11 heteroatoms. The average Bonchev–Trinajstić information content (AvgIpc) is 3.44. The van der Waals surface area contributed by atoms with E-state index in [0.29, 0.717) is 0 Å². The lowest BCUT2D eigenvalue weighted by Crippen LogP contribution is -2.16. The normalized spacial score (nSPS) is 16.3. The maximum absolute atomic E-state index is 12.7. The molecule has 4 rings (SSSR count). The second-order valence-electron chi connectivity index (χ2n) is 6.66. The molecular weight excluding hydrogens is 429 g/mol. The van der Waals surface area contributed by atoms with Crippen molar-refractivity contribution in [2.24, 2.45) is 0 Å². The second kappa shape index (κ2) is 6.91. The van der Waals surface area contributed by atoms with Gasteiger partial charge in [-0.3, -0.25) is 0 Å². The molecule has 0 N–H and O–H groups in total. The summed E-state index contributed by atoms with van der Waals surface area (Å²) < 4.78 is 80.4. The molecule has 1 fully saturated rings. The molecular formula is C18H15F3N2O4S2. The van der Waals surface area contributed by atoms with Gasteiger partial charge in [0.15, 0.2) is 26.2 Å². The van der Waals surface area contributed by atoms with Crippen molar-refractivity contribution in [2.45, 2.75) is 41.0 Å². The number of benzene rings is 1. The molecule has 0 radical (unpaired) electrons. The van der Waals surface area contributed by atoms with Crippen LogP contribution in [0.3, 0.4) is 0 Å². The lowest BCUT2D eigenvalue weighted by Gasteiger charge is -2.08. The summed E-state index contributed by atoms with van der Waals surface area (Å²) in [5.41, 5.74) is -3.91. The van der Waals surface area contributed by atoms with Crippen LogP contribution in [0.4, 0.5) is 13.2 Å². The molecule has 154 valence electrons. The third kappa shape index (κ3) is 3.80. The Bertz CT molecular complexity index is 1230. The summed E-state index contributed by atoms with van der Waals surface area (Å²) in [4.78, 5) is 7.86. The van der Waals surface area contributed by atoms with Crippen LogP contribution in [0, 0.1) is 0 Å². The zero-order valence-electron chi connectivity index (χ0n) is 15.1. The van der Waals surface area contributed by atoms with Gasteiger partial charge in [-0.25, -0.2) is 22.6 Å². The number of nitrogens with zero attached hydrogens (tertiary/aromatic N) is 2. The van der Waals surface area contributed by atoms with Gasteiger partial charge in [0.2, 0.25) is 5.89 Å². The van der Waals surface area contributed by atoms with Crippen molar-refractivity contribution >= 4 is 31.7 Å². The summed E-state index contributed by atoms with van der Waals surface area (Å²) in [5, 5.41) is 0. The van der Waals surface area contributed by atoms with Crippen LogP contribution in [0.5, 0.6) is 0 Å². The van der Waals surface area contributed by atoms with Crippen molar-refractivity contribution in [3.63, 3.8) is 0 Å². The molecule has 1 aliphatic carbocycles. The zero-order chi connectivity index (χ0) is 21.0. The number of pyridine rings is 1. The fourth-order valence-electron chi connectivity index (χ4n) is 2.91. The van der Waals surface area contributed by atoms with Crippen LogP contribution in [0.2, 0.25) is 0 Å². The molecule has 3 aromatic rings. The molecule has 29 heavy (non-hydrogen) atoms. The van der Waals surface area contributed by atoms with Crippen LogP contribution in [-0.4, -0.2) is 33.9 Å². The Labute approximate surface area is 166 Å². The summed E-state index contributed by atoms with van der Waals surface area (Å²) in [6.45, 7) is 1.51. The third-order valence-corrected chi connectivity index (χ3v) is 7.47. The van der Waals surface area contributed by atoms with Gasteiger partial charge in [0, 0.05) is 6.20 Å². The summed E-state index contributed by atoms with van der Waals surface area (Å²) in [5.74, 6) is 0.0142. The van der Waals surface area contributed by atoms with Crippen LogP contribution >= 0.6 is 0 Å². The van der Waals surface area contributed by atoms with E-state index in [1.807, 2.05) is 0 Å². The van der Waals surface area contributed by atoms with Crippen molar-refractivity contribution in [3.8, 4) is 11.6 Å². The lowest BCUT2D eigenvalue weighted by atomic mass is 10.2. The maximum Gasteiger partial charge on any atom is 0.475 e. The van der Waals surface area contributed by atoms with E-state index in [0.717, 1.165) is 30.5 Å². The Kier molecular flexibility index (Phi) is 4.77. The average molecular weight is 444 g/mol. The van der Waals surface area contributed by atoms with Gasteiger partial charge < -0.3 is 4.42 Å². The highest BCUT2D eigenvalue weighted by Crippen LogP contribution is 2.41. The van der Waals surface area contributed by atoms with Gasteiger partial charge in [-0.05, 0) is 48.6 Å². The first-order valence-electron chi connectivity index (χ1n) is 8.72. The van der Waals surface area contributed by atoms with Gasteiger partial charge in [-0.1, -0.05) is 6.92 Å². The monoisotopic (exact) mass is 444 g/mol. The van der Waals surface area contributed by atoms with Crippen molar-refractivity contribution in [1.82, 2.24) is 9.97 Å². The molecule has 1 aromatic carbocycles. The first-order chi connectivity index (χ1) is 13.6. The van der Waals surface area contributed by atoms with Crippen molar-refractivity contribution in [2.75, 3.05) is 5.75 Å². The molecule has 6 nitrogen and oxygen atoms in total. The van der Waals surface area contributed by atoms with Gasteiger partial charge >= 0.3 is 5.51 Å². The highest BCUT2D eigenvalue weighted by molar-refractivity contribution is 7.91. The largest absolute Gasteiger partial charge is 0.475 e. The number of aromatic nitrogens is 2. The zero-order valence-corrected chi connectivity index (χ0v) is 16.7. The van der Waals surface area contributed by atoms with E-state index in [-0.39, 0.29) is 39.3 Å². The molecule has 0 unspecified atom stereocenters. The van der Waals surface area contributed by atoms with Gasteiger partial charge in [-0.2, -0.15) is 13.2 Å².